The first-order valence-corrected chi connectivity index (χ1v) is 5.31. The van der Waals surface area contributed by atoms with Crippen LogP contribution in [-0.2, 0) is 9.47 Å². The molecule has 1 aliphatic rings. The van der Waals surface area contributed by atoms with Gasteiger partial charge >= 0.3 is 0 Å². The zero-order chi connectivity index (χ0) is 11.3. The Labute approximate surface area is 94.8 Å². The van der Waals surface area contributed by atoms with Gasteiger partial charge in [-0.15, -0.1) is 0 Å². The van der Waals surface area contributed by atoms with Gasteiger partial charge < -0.3 is 9.47 Å². The number of nitrogens with zero attached hydrogens (tertiary/aromatic N) is 4. The molecule has 1 aliphatic heterocycles. The molecule has 88 valence electrons. The molecule has 0 unspecified atom stereocenters. The van der Waals surface area contributed by atoms with E-state index in [1.807, 2.05) is 0 Å². The summed E-state index contributed by atoms with van der Waals surface area (Å²) >= 11 is 0. The molecule has 16 heavy (non-hydrogen) atoms. The van der Waals surface area contributed by atoms with Crippen LogP contribution in [0.4, 0.5) is 0 Å². The summed E-state index contributed by atoms with van der Waals surface area (Å²) in [5.41, 5.74) is 0. The monoisotopic (exact) mass is 224 g/mol. The van der Waals surface area contributed by atoms with Crippen LogP contribution in [0.1, 0.15) is 0 Å². The number of rotatable bonds is 0. The van der Waals surface area contributed by atoms with Gasteiger partial charge in [-0.05, 0) is 0 Å². The molecule has 0 bridgehead atoms. The van der Waals surface area contributed by atoms with E-state index in [1.165, 1.54) is 0 Å². The van der Waals surface area contributed by atoms with Crippen molar-refractivity contribution in [3.8, 4) is 0 Å². The second kappa shape index (κ2) is 10.2. The van der Waals surface area contributed by atoms with Crippen molar-refractivity contribution in [2.24, 2.45) is 20.0 Å². The van der Waals surface area contributed by atoms with Crippen molar-refractivity contribution in [1.29, 1.82) is 0 Å². The average Bonchev–Trinajstić information content (AvgIpc) is 2.29. The van der Waals surface area contributed by atoms with Gasteiger partial charge in [0.25, 0.3) is 0 Å². The topological polar surface area (TPSA) is 67.9 Å². The van der Waals surface area contributed by atoms with Gasteiger partial charge in [0, 0.05) is 0 Å². The van der Waals surface area contributed by atoms with Crippen LogP contribution in [0.3, 0.4) is 0 Å². The minimum atomic E-state index is 0.561. The molecule has 6 heteroatoms. The van der Waals surface area contributed by atoms with Crippen LogP contribution in [0.15, 0.2) is 20.0 Å². The molecule has 0 saturated heterocycles. The molecule has 0 spiro atoms. The zero-order valence-corrected chi connectivity index (χ0v) is 9.26. The Morgan fingerprint density at radius 2 is 0.875 bits per heavy atom. The normalized spacial score (nSPS) is 20.0. The third kappa shape index (κ3) is 8.03. The highest BCUT2D eigenvalue weighted by Gasteiger charge is 1.87. The van der Waals surface area contributed by atoms with E-state index in [4.69, 9.17) is 9.47 Å². The molecule has 0 aromatic rings. The molecule has 0 radical (unpaired) electrons. The number of ether oxygens (including phenoxy) is 2. The van der Waals surface area contributed by atoms with E-state index < -0.39 is 0 Å². The van der Waals surface area contributed by atoms with Crippen LogP contribution in [-0.4, -0.2) is 64.6 Å². The fourth-order valence-electron chi connectivity index (χ4n) is 0.945. The third-order valence-corrected chi connectivity index (χ3v) is 1.67. The van der Waals surface area contributed by atoms with Gasteiger partial charge in [0.2, 0.25) is 0 Å². The van der Waals surface area contributed by atoms with Gasteiger partial charge in [-0.25, -0.2) is 20.0 Å². The largest absolute Gasteiger partial charge is 0.378 e. The van der Waals surface area contributed by atoms with Crippen molar-refractivity contribution in [2.45, 2.75) is 0 Å². The van der Waals surface area contributed by atoms with Gasteiger partial charge in [-0.2, -0.15) is 0 Å². The van der Waals surface area contributed by atoms with Crippen LogP contribution < -0.4 is 0 Å². The predicted molar refractivity (Wildman–Crippen MR) is 60.8 cm³/mol. The van der Waals surface area contributed by atoms with E-state index in [0.29, 0.717) is 52.6 Å². The molecule has 0 aliphatic carbocycles. The molecule has 6 nitrogen and oxygen atoms in total. The maximum atomic E-state index is 5.26. The smallest absolute Gasteiger partial charge is 0.0894 e. The van der Waals surface area contributed by atoms with Crippen molar-refractivity contribution in [3.05, 3.63) is 0 Å². The summed E-state index contributed by atoms with van der Waals surface area (Å²) in [6, 6.07) is 5.20. The highest BCUT2D eigenvalue weighted by Crippen LogP contribution is 1.80. The maximum Gasteiger partial charge on any atom is 0.0894 e. The molecule has 0 aromatic heterocycles. The number of hydrogen-bond acceptors (Lipinski definition) is 6. The second-order valence-electron chi connectivity index (χ2n) is 2.95. The number of hydrogen-bond donors (Lipinski definition) is 0. The van der Waals surface area contributed by atoms with Crippen molar-refractivity contribution >= 4 is 12.0 Å². The summed E-state index contributed by atoms with van der Waals surface area (Å²) < 4.78 is 10.5. The summed E-state index contributed by atoms with van der Waals surface area (Å²) in [7, 11) is 0. The minimum Gasteiger partial charge on any atom is -0.378 e. The third-order valence-electron chi connectivity index (χ3n) is 1.67. The average molecular weight is 224 g/mol. The molecular weight excluding hydrogens is 208 g/mol. The summed E-state index contributed by atoms with van der Waals surface area (Å²) in [4.78, 5) is 15.8. The molecular formula is C10H16N4O2. The molecule has 0 amide bonds. The van der Waals surface area contributed by atoms with E-state index >= 15 is 0 Å². The van der Waals surface area contributed by atoms with Crippen LogP contribution in [0.5, 0.6) is 0 Å². The lowest BCUT2D eigenvalue weighted by Gasteiger charge is -1.98. The predicted octanol–water partition coefficient (Wildman–Crippen LogP) is 0.381. The Morgan fingerprint density at radius 1 is 0.562 bits per heavy atom. The summed E-state index contributed by atoms with van der Waals surface area (Å²) in [5.74, 6) is 0. The standard InChI is InChI=1S/C10H16N4O2/c1-5-15-6-2-13-10-14-4-8-16-7-3-12-9-11-1/h1-8H2. The first-order valence-electron chi connectivity index (χ1n) is 5.31. The molecule has 0 saturated carbocycles. The van der Waals surface area contributed by atoms with E-state index in [-0.39, 0.29) is 0 Å². The van der Waals surface area contributed by atoms with E-state index in [1.54, 1.807) is 0 Å². The fourth-order valence-corrected chi connectivity index (χ4v) is 0.945. The van der Waals surface area contributed by atoms with Gasteiger partial charge in [-0.3, -0.25) is 0 Å². The number of aliphatic imine (C=N–C) groups is 4. The fraction of sp³-hybridized carbons (Fsp3) is 0.800. The molecule has 0 atom stereocenters. The Morgan fingerprint density at radius 3 is 1.19 bits per heavy atom. The minimum absolute atomic E-state index is 0.561. The van der Waals surface area contributed by atoms with Crippen molar-refractivity contribution in [3.63, 3.8) is 0 Å². The van der Waals surface area contributed by atoms with Crippen LogP contribution >= 0.6 is 0 Å². The lowest BCUT2D eigenvalue weighted by Crippen LogP contribution is -2.03. The van der Waals surface area contributed by atoms with E-state index in [0.717, 1.165) is 0 Å². The molecule has 0 fully saturated rings. The first-order chi connectivity index (χ1) is 8.00. The van der Waals surface area contributed by atoms with E-state index in [9.17, 15) is 0 Å². The Balaban J connectivity index is 2.29. The maximum absolute atomic E-state index is 5.26. The molecule has 1 heterocycles. The first kappa shape index (κ1) is 12.7. The van der Waals surface area contributed by atoms with E-state index in [2.05, 4.69) is 32.0 Å². The highest BCUT2D eigenvalue weighted by molar-refractivity contribution is 5.41. The van der Waals surface area contributed by atoms with Crippen molar-refractivity contribution in [1.82, 2.24) is 0 Å². The Kier molecular flexibility index (Phi) is 8.13. The summed E-state index contributed by atoms with van der Waals surface area (Å²) in [6.45, 7) is 4.53. The Hall–Kier alpha value is -1.32. The van der Waals surface area contributed by atoms with Crippen molar-refractivity contribution < 1.29 is 9.47 Å². The molecule has 1 rings (SSSR count). The van der Waals surface area contributed by atoms with Crippen LogP contribution in [0, 0.1) is 0 Å². The summed E-state index contributed by atoms with van der Waals surface area (Å²) in [5, 5.41) is 0. The van der Waals surface area contributed by atoms with Gasteiger partial charge in [-0.1, -0.05) is 0 Å². The quantitative estimate of drug-likeness (QED) is 0.597. The second-order valence-corrected chi connectivity index (χ2v) is 2.95. The van der Waals surface area contributed by atoms with Gasteiger partial charge in [0.15, 0.2) is 0 Å². The lowest BCUT2D eigenvalue weighted by atomic mass is 10.6. The molecule has 0 aromatic carbocycles. The lowest BCUT2D eigenvalue weighted by molar-refractivity contribution is 0.149. The SMILES string of the molecule is C1=NCCOCCN=C=NCCOCCN=1. The van der Waals surface area contributed by atoms with Crippen molar-refractivity contribution in [2.75, 3.05) is 52.6 Å². The van der Waals surface area contributed by atoms with Gasteiger partial charge in [0.05, 0.1) is 64.6 Å². The van der Waals surface area contributed by atoms with Gasteiger partial charge in [0.1, 0.15) is 0 Å². The van der Waals surface area contributed by atoms with Crippen LogP contribution in [0.2, 0.25) is 0 Å². The summed E-state index contributed by atoms with van der Waals surface area (Å²) in [6.07, 6.45) is 0. The Bertz CT molecular complexity index is 241. The molecule has 0 N–H and O–H groups in total. The zero-order valence-electron chi connectivity index (χ0n) is 9.26. The highest BCUT2D eigenvalue weighted by atomic mass is 16.5. The van der Waals surface area contributed by atoms with Crippen LogP contribution in [0.25, 0.3) is 0 Å².